The molecule has 8 heteroatoms. The zero-order valence-corrected chi connectivity index (χ0v) is 18.2. The molecule has 2 aromatic rings. The van der Waals surface area contributed by atoms with Gasteiger partial charge in [-0.05, 0) is 25.1 Å². The van der Waals surface area contributed by atoms with Crippen LogP contribution in [0.15, 0.2) is 48.5 Å². The van der Waals surface area contributed by atoms with E-state index in [1.807, 2.05) is 19.1 Å². The lowest BCUT2D eigenvalue weighted by atomic mass is 9.53. The summed E-state index contributed by atoms with van der Waals surface area (Å²) >= 11 is 6.23. The summed E-state index contributed by atoms with van der Waals surface area (Å²) < 4.78 is 18.2. The van der Waals surface area contributed by atoms with E-state index in [4.69, 9.17) is 31.2 Å². The predicted molar refractivity (Wildman–Crippen MR) is 114 cm³/mol. The van der Waals surface area contributed by atoms with Crippen molar-refractivity contribution < 1.29 is 14.2 Å². The van der Waals surface area contributed by atoms with Gasteiger partial charge in [0.1, 0.15) is 11.9 Å². The number of benzene rings is 2. The number of hydrogen-bond donors (Lipinski definition) is 1. The van der Waals surface area contributed by atoms with Crippen molar-refractivity contribution in [3.8, 4) is 24.0 Å². The van der Waals surface area contributed by atoms with Gasteiger partial charge in [-0.2, -0.15) is 15.8 Å². The molecule has 0 spiro atoms. The van der Waals surface area contributed by atoms with Crippen LogP contribution in [-0.4, -0.2) is 12.5 Å². The highest BCUT2D eigenvalue weighted by Gasteiger charge is 2.80. The number of hydrogen-bond acceptors (Lipinski definition) is 7. The third-order valence-electron chi connectivity index (χ3n) is 6.40. The molecule has 0 radical (unpaired) electrons. The van der Waals surface area contributed by atoms with E-state index in [-0.39, 0.29) is 0 Å². The van der Waals surface area contributed by atoms with Gasteiger partial charge in [0.25, 0.3) is 0 Å². The van der Waals surface area contributed by atoms with Gasteiger partial charge < -0.3 is 14.2 Å². The van der Waals surface area contributed by atoms with Crippen LogP contribution < -0.4 is 4.74 Å². The average Bonchev–Trinajstić information content (AvgIpc) is 2.96. The molecule has 2 heterocycles. The summed E-state index contributed by atoms with van der Waals surface area (Å²) in [6.45, 7) is 3.82. The van der Waals surface area contributed by atoms with Gasteiger partial charge in [0.15, 0.2) is 5.41 Å². The van der Waals surface area contributed by atoms with Gasteiger partial charge in [0.2, 0.25) is 17.1 Å². The van der Waals surface area contributed by atoms with Crippen molar-refractivity contribution in [3.05, 3.63) is 64.7 Å². The zero-order valence-electron chi connectivity index (χ0n) is 17.4. The molecule has 0 aliphatic carbocycles. The fourth-order valence-electron chi connectivity index (χ4n) is 4.84. The second kappa shape index (κ2) is 7.53. The molecule has 2 aliphatic heterocycles. The van der Waals surface area contributed by atoms with Gasteiger partial charge in [0, 0.05) is 16.1 Å². The molecule has 2 aliphatic rings. The molecular formula is C24H19ClN4O3. The topological polar surface area (TPSA) is 123 Å². The molecule has 160 valence electrons. The Bertz CT molecular complexity index is 1210. The Kier molecular flexibility index (Phi) is 5.10. The first-order valence-electron chi connectivity index (χ1n) is 10.0. The molecule has 4 unspecified atom stereocenters. The quantitative estimate of drug-likeness (QED) is 0.715. The molecule has 32 heavy (non-hydrogen) atoms. The Hall–Kier alpha value is -3.57. The first-order valence-corrected chi connectivity index (χ1v) is 10.4. The Balaban J connectivity index is 2.06. The van der Waals surface area contributed by atoms with Crippen LogP contribution in [0.3, 0.4) is 0 Å². The molecule has 2 aromatic carbocycles. The Labute approximate surface area is 190 Å². The summed E-state index contributed by atoms with van der Waals surface area (Å²) in [4.78, 5) is 0. The maximum atomic E-state index is 10.4. The lowest BCUT2D eigenvalue weighted by molar-refractivity contribution is -0.288. The molecule has 0 amide bonds. The summed E-state index contributed by atoms with van der Waals surface area (Å²) in [6, 6.07) is 19.8. The van der Waals surface area contributed by atoms with E-state index in [9.17, 15) is 15.8 Å². The first-order chi connectivity index (χ1) is 15.4. The number of ether oxygens (including phenoxy) is 3. The van der Waals surface area contributed by atoms with E-state index in [1.54, 1.807) is 55.5 Å². The maximum Gasteiger partial charge on any atom is 0.244 e. The van der Waals surface area contributed by atoms with Crippen molar-refractivity contribution in [2.75, 3.05) is 6.61 Å². The molecule has 2 bridgehead atoms. The minimum atomic E-state index is -2.07. The summed E-state index contributed by atoms with van der Waals surface area (Å²) in [5.74, 6) is -2.52. The molecule has 0 saturated carbocycles. The lowest BCUT2D eigenvalue weighted by Crippen LogP contribution is -2.57. The van der Waals surface area contributed by atoms with Gasteiger partial charge in [-0.1, -0.05) is 48.9 Å². The van der Waals surface area contributed by atoms with Crippen molar-refractivity contribution in [1.29, 1.82) is 21.2 Å². The summed E-state index contributed by atoms with van der Waals surface area (Å²) in [6.07, 6.45) is -1.24. The highest BCUT2D eigenvalue weighted by molar-refractivity contribution is 6.30. The van der Waals surface area contributed by atoms with Gasteiger partial charge in [0.05, 0.1) is 30.7 Å². The minimum absolute atomic E-state index is 0.349. The predicted octanol–water partition coefficient (Wildman–Crippen LogP) is 4.85. The third kappa shape index (κ3) is 2.52. The van der Waals surface area contributed by atoms with Crippen LogP contribution >= 0.6 is 11.6 Å². The number of halogens is 1. The summed E-state index contributed by atoms with van der Waals surface area (Å²) in [5, 5.41) is 40.1. The number of rotatable bonds is 4. The monoisotopic (exact) mass is 446 g/mol. The average molecular weight is 447 g/mol. The Morgan fingerprint density at radius 3 is 2.44 bits per heavy atom. The van der Waals surface area contributed by atoms with Crippen LogP contribution in [0, 0.1) is 56.2 Å². The van der Waals surface area contributed by atoms with Crippen LogP contribution in [0.2, 0.25) is 5.02 Å². The molecule has 0 aromatic heterocycles. The lowest BCUT2D eigenvalue weighted by Gasteiger charge is -2.49. The first kappa shape index (κ1) is 21.7. The molecule has 1 N–H and O–H groups in total. The highest BCUT2D eigenvalue weighted by atomic mass is 35.5. The van der Waals surface area contributed by atoms with E-state index >= 15 is 0 Å². The normalized spacial score (nSPS) is 29.8. The van der Waals surface area contributed by atoms with Gasteiger partial charge in [-0.25, -0.2) is 0 Å². The Morgan fingerprint density at radius 2 is 1.81 bits per heavy atom. The van der Waals surface area contributed by atoms with E-state index in [0.29, 0.717) is 28.5 Å². The number of fused-ring (bicyclic) bond motifs is 2. The van der Waals surface area contributed by atoms with Crippen molar-refractivity contribution >= 4 is 17.5 Å². The van der Waals surface area contributed by atoms with Crippen molar-refractivity contribution in [2.24, 2.45) is 16.7 Å². The van der Waals surface area contributed by atoms with Crippen LogP contribution in [0.4, 0.5) is 0 Å². The minimum Gasteiger partial charge on any atom is -0.493 e. The molecule has 7 nitrogen and oxygen atoms in total. The van der Waals surface area contributed by atoms with Crippen molar-refractivity contribution in [3.63, 3.8) is 0 Å². The van der Waals surface area contributed by atoms with Gasteiger partial charge in [-0.3, -0.25) is 5.41 Å². The Morgan fingerprint density at radius 1 is 1.09 bits per heavy atom. The van der Waals surface area contributed by atoms with Crippen LogP contribution in [0.25, 0.3) is 0 Å². The summed E-state index contributed by atoms with van der Waals surface area (Å²) in [5.41, 5.74) is -3.04. The highest BCUT2D eigenvalue weighted by Crippen LogP contribution is 2.69. The number of nitrogens with one attached hydrogen (secondary N) is 1. The molecular weight excluding hydrogens is 428 g/mol. The fourth-order valence-corrected chi connectivity index (χ4v) is 5.03. The largest absolute Gasteiger partial charge is 0.493 e. The molecule has 4 rings (SSSR count). The smallest absolute Gasteiger partial charge is 0.244 e. The maximum absolute atomic E-state index is 10.4. The number of para-hydroxylation sites is 1. The van der Waals surface area contributed by atoms with Crippen LogP contribution in [0.1, 0.15) is 31.1 Å². The van der Waals surface area contributed by atoms with Crippen LogP contribution in [-0.2, 0) is 15.3 Å². The van der Waals surface area contributed by atoms with Crippen molar-refractivity contribution in [2.45, 2.75) is 25.7 Å². The number of nitrogens with zero attached hydrogens (tertiary/aromatic N) is 3. The second-order valence-electron chi connectivity index (χ2n) is 7.75. The standard InChI is InChI=1S/C24H19ClN4O3/c1-3-30-19-10-5-4-9-18(19)20-22(12-26,13-27)23(14-28)15(2)24(31-20,32-21(23)29)16-7-6-8-17(25)11-16/h4-11,15,20,29H,3H2,1-2H3. The van der Waals surface area contributed by atoms with E-state index < -0.39 is 34.5 Å². The fraction of sp³-hybridized carbons (Fsp3) is 0.333. The zero-order chi connectivity index (χ0) is 23.1. The van der Waals surface area contributed by atoms with E-state index in [1.165, 1.54) is 0 Å². The number of nitriles is 3. The van der Waals surface area contributed by atoms with E-state index in [0.717, 1.165) is 0 Å². The molecule has 4 atom stereocenters. The van der Waals surface area contributed by atoms with Crippen LogP contribution in [0.5, 0.6) is 5.75 Å². The second-order valence-corrected chi connectivity index (χ2v) is 8.19. The SMILES string of the molecule is CCOc1ccccc1C1OC2(c3cccc(Cl)c3)OC(=N)C(C#N)(C2C)C1(C#N)C#N. The molecule has 2 saturated heterocycles. The van der Waals surface area contributed by atoms with E-state index in [2.05, 4.69) is 6.07 Å². The summed E-state index contributed by atoms with van der Waals surface area (Å²) in [7, 11) is 0. The molecule has 2 fully saturated rings. The van der Waals surface area contributed by atoms with Crippen molar-refractivity contribution in [1.82, 2.24) is 0 Å². The van der Waals surface area contributed by atoms with Gasteiger partial charge in [-0.15, -0.1) is 0 Å². The third-order valence-corrected chi connectivity index (χ3v) is 6.63. The van der Waals surface area contributed by atoms with Gasteiger partial charge >= 0.3 is 0 Å².